The van der Waals surface area contributed by atoms with Crippen LogP contribution in [0.3, 0.4) is 0 Å². The number of benzene rings is 2. The van der Waals surface area contributed by atoms with E-state index in [1.54, 1.807) is 42.5 Å². The van der Waals surface area contributed by atoms with E-state index in [-0.39, 0.29) is 18.1 Å². The summed E-state index contributed by atoms with van der Waals surface area (Å²) in [5.74, 6) is 1.06. The molecule has 2 aromatic rings. The molecule has 1 fully saturated rings. The first kappa shape index (κ1) is 19.5. The lowest BCUT2D eigenvalue weighted by Crippen LogP contribution is -2.18. The van der Waals surface area contributed by atoms with E-state index in [1.165, 1.54) is 0 Å². The van der Waals surface area contributed by atoms with Crippen LogP contribution >= 0.6 is 11.6 Å². The smallest absolute Gasteiger partial charge is 0.255 e. The van der Waals surface area contributed by atoms with Gasteiger partial charge in [0.15, 0.2) is 0 Å². The van der Waals surface area contributed by atoms with E-state index in [2.05, 4.69) is 5.32 Å². The summed E-state index contributed by atoms with van der Waals surface area (Å²) in [6.45, 7) is 5.14. The molecular formula is C21H24ClNO4. The number of carbonyl (C=O) groups excluding carboxylic acids is 1. The van der Waals surface area contributed by atoms with Crippen LogP contribution in [0.4, 0.5) is 5.69 Å². The monoisotopic (exact) mass is 389 g/mol. The summed E-state index contributed by atoms with van der Waals surface area (Å²) in [6, 6.07) is 12.2. The van der Waals surface area contributed by atoms with E-state index in [1.807, 2.05) is 13.8 Å². The highest BCUT2D eigenvalue weighted by molar-refractivity contribution is 6.31. The summed E-state index contributed by atoms with van der Waals surface area (Å²) in [6.07, 6.45) is 2.21. The van der Waals surface area contributed by atoms with Gasteiger partial charge in [-0.05, 0) is 69.2 Å². The van der Waals surface area contributed by atoms with Gasteiger partial charge in [-0.15, -0.1) is 0 Å². The molecule has 1 aliphatic rings. The van der Waals surface area contributed by atoms with Gasteiger partial charge >= 0.3 is 0 Å². The molecule has 2 aromatic carbocycles. The van der Waals surface area contributed by atoms with E-state index in [9.17, 15) is 4.79 Å². The molecule has 1 N–H and O–H groups in total. The molecule has 144 valence electrons. The number of nitrogens with one attached hydrogen (secondary N) is 1. The fourth-order valence-corrected chi connectivity index (χ4v) is 3.01. The van der Waals surface area contributed by atoms with Gasteiger partial charge in [0.05, 0.1) is 17.9 Å². The van der Waals surface area contributed by atoms with Crippen LogP contribution in [0.15, 0.2) is 42.5 Å². The Morgan fingerprint density at radius 3 is 2.70 bits per heavy atom. The first-order chi connectivity index (χ1) is 13.0. The average Bonchev–Trinajstić information content (AvgIpc) is 3.14. The standard InChI is InChI=1S/C21H24ClNO4/c1-14(2)27-17-8-5-15(6-9-17)21(24)23-19-12-16(22)7-10-20(19)26-13-18-4-3-11-25-18/h5-10,12,14,18H,3-4,11,13H2,1-2H3,(H,23,24). The molecule has 0 aromatic heterocycles. The largest absolute Gasteiger partial charge is 0.491 e. The van der Waals surface area contributed by atoms with E-state index in [0.29, 0.717) is 28.6 Å². The average molecular weight is 390 g/mol. The van der Waals surface area contributed by atoms with Crippen molar-refractivity contribution in [3.63, 3.8) is 0 Å². The van der Waals surface area contributed by atoms with Crippen molar-refractivity contribution in [1.29, 1.82) is 0 Å². The summed E-state index contributed by atoms with van der Waals surface area (Å²) in [5, 5.41) is 3.40. The van der Waals surface area contributed by atoms with E-state index < -0.39 is 0 Å². The Hall–Kier alpha value is -2.24. The van der Waals surface area contributed by atoms with Crippen LogP contribution < -0.4 is 14.8 Å². The Morgan fingerprint density at radius 2 is 2.04 bits per heavy atom. The maximum Gasteiger partial charge on any atom is 0.255 e. The molecule has 0 bridgehead atoms. The van der Waals surface area contributed by atoms with Gasteiger partial charge in [0.1, 0.15) is 18.1 Å². The van der Waals surface area contributed by atoms with Gasteiger partial charge in [-0.25, -0.2) is 0 Å². The van der Waals surface area contributed by atoms with Gasteiger partial charge in [0.25, 0.3) is 5.91 Å². The lowest BCUT2D eigenvalue weighted by atomic mass is 10.2. The number of ether oxygens (including phenoxy) is 3. The van der Waals surface area contributed by atoms with Crippen LogP contribution in [0.5, 0.6) is 11.5 Å². The summed E-state index contributed by atoms with van der Waals surface area (Å²) in [4.78, 5) is 12.6. The Kier molecular flexibility index (Phi) is 6.58. The molecule has 1 unspecified atom stereocenters. The number of anilines is 1. The summed E-state index contributed by atoms with van der Waals surface area (Å²) < 4.78 is 17.0. The molecule has 1 saturated heterocycles. The normalized spacial score (nSPS) is 16.4. The van der Waals surface area contributed by atoms with Crippen molar-refractivity contribution in [3.05, 3.63) is 53.1 Å². The molecule has 27 heavy (non-hydrogen) atoms. The van der Waals surface area contributed by atoms with E-state index >= 15 is 0 Å². The van der Waals surface area contributed by atoms with Gasteiger partial charge in [-0.1, -0.05) is 11.6 Å². The minimum atomic E-state index is -0.240. The summed E-state index contributed by atoms with van der Waals surface area (Å²) in [5.41, 5.74) is 1.06. The molecule has 6 heteroatoms. The third-order valence-corrected chi connectivity index (χ3v) is 4.36. The van der Waals surface area contributed by atoms with Gasteiger partial charge in [-0.3, -0.25) is 4.79 Å². The molecule has 0 radical (unpaired) electrons. The van der Waals surface area contributed by atoms with Crippen LogP contribution in [0.2, 0.25) is 5.02 Å². The quantitative estimate of drug-likeness (QED) is 0.728. The summed E-state index contributed by atoms with van der Waals surface area (Å²) >= 11 is 6.09. The Balaban J connectivity index is 1.67. The fourth-order valence-electron chi connectivity index (χ4n) is 2.84. The second-order valence-electron chi connectivity index (χ2n) is 6.73. The van der Waals surface area contributed by atoms with Crippen molar-refractivity contribution < 1.29 is 19.0 Å². The highest BCUT2D eigenvalue weighted by Crippen LogP contribution is 2.29. The number of halogens is 1. The van der Waals surface area contributed by atoms with Crippen LogP contribution in [-0.2, 0) is 4.74 Å². The second-order valence-corrected chi connectivity index (χ2v) is 7.17. The highest BCUT2D eigenvalue weighted by atomic mass is 35.5. The van der Waals surface area contributed by atoms with Crippen molar-refractivity contribution in [2.24, 2.45) is 0 Å². The fraction of sp³-hybridized carbons (Fsp3) is 0.381. The first-order valence-corrected chi connectivity index (χ1v) is 9.51. The Labute approximate surface area is 164 Å². The van der Waals surface area contributed by atoms with Crippen LogP contribution in [0, 0.1) is 0 Å². The predicted octanol–water partition coefficient (Wildman–Crippen LogP) is 4.94. The first-order valence-electron chi connectivity index (χ1n) is 9.13. The van der Waals surface area contributed by atoms with Crippen molar-refractivity contribution in [2.75, 3.05) is 18.5 Å². The minimum absolute atomic E-state index is 0.0830. The summed E-state index contributed by atoms with van der Waals surface area (Å²) in [7, 11) is 0. The van der Waals surface area contributed by atoms with Crippen molar-refractivity contribution in [2.45, 2.75) is 38.9 Å². The molecule has 1 aliphatic heterocycles. The molecule has 1 atom stereocenters. The lowest BCUT2D eigenvalue weighted by molar-refractivity contribution is 0.0682. The van der Waals surface area contributed by atoms with Crippen LogP contribution in [0.1, 0.15) is 37.0 Å². The van der Waals surface area contributed by atoms with E-state index in [0.717, 1.165) is 25.2 Å². The maximum atomic E-state index is 12.6. The zero-order valence-corrected chi connectivity index (χ0v) is 16.3. The number of carbonyl (C=O) groups is 1. The zero-order valence-electron chi connectivity index (χ0n) is 15.5. The van der Waals surface area contributed by atoms with Crippen molar-refractivity contribution in [3.8, 4) is 11.5 Å². The van der Waals surface area contributed by atoms with Crippen molar-refractivity contribution in [1.82, 2.24) is 0 Å². The predicted molar refractivity (Wildman–Crippen MR) is 106 cm³/mol. The second kappa shape index (κ2) is 9.11. The minimum Gasteiger partial charge on any atom is -0.491 e. The molecule has 1 heterocycles. The van der Waals surface area contributed by atoms with Gasteiger partial charge in [0.2, 0.25) is 0 Å². The highest BCUT2D eigenvalue weighted by Gasteiger charge is 2.18. The molecule has 1 amide bonds. The van der Waals surface area contributed by atoms with Gasteiger partial charge in [0, 0.05) is 17.2 Å². The number of rotatable bonds is 7. The number of amides is 1. The third kappa shape index (κ3) is 5.62. The maximum absolute atomic E-state index is 12.6. The Morgan fingerprint density at radius 1 is 1.26 bits per heavy atom. The molecule has 0 saturated carbocycles. The Bertz CT molecular complexity index is 770. The van der Waals surface area contributed by atoms with E-state index in [4.69, 9.17) is 25.8 Å². The lowest BCUT2D eigenvalue weighted by Gasteiger charge is -2.16. The molecular weight excluding hydrogens is 366 g/mol. The van der Waals surface area contributed by atoms with Crippen LogP contribution in [0.25, 0.3) is 0 Å². The molecule has 3 rings (SSSR count). The van der Waals surface area contributed by atoms with Crippen LogP contribution in [-0.4, -0.2) is 31.3 Å². The number of hydrogen-bond donors (Lipinski definition) is 1. The van der Waals surface area contributed by atoms with Gasteiger partial charge in [-0.2, -0.15) is 0 Å². The third-order valence-electron chi connectivity index (χ3n) is 4.13. The molecule has 0 spiro atoms. The SMILES string of the molecule is CC(C)Oc1ccc(C(=O)Nc2cc(Cl)ccc2OCC2CCCO2)cc1. The van der Waals surface area contributed by atoms with Gasteiger partial charge < -0.3 is 19.5 Å². The topological polar surface area (TPSA) is 56.8 Å². The number of hydrogen-bond acceptors (Lipinski definition) is 4. The molecule has 0 aliphatic carbocycles. The zero-order chi connectivity index (χ0) is 19.2. The van der Waals surface area contributed by atoms with Crippen molar-refractivity contribution >= 4 is 23.2 Å². The molecule has 5 nitrogen and oxygen atoms in total.